The van der Waals surface area contributed by atoms with Crippen LogP contribution in [0.15, 0.2) is 0 Å². The molecule has 0 aliphatic heterocycles. The van der Waals surface area contributed by atoms with E-state index in [2.05, 4.69) is 5.32 Å². The number of alkyl halides is 1. The molecule has 0 aliphatic rings. The third-order valence-electron chi connectivity index (χ3n) is 1.94. The van der Waals surface area contributed by atoms with E-state index in [0.29, 0.717) is 0 Å². The minimum atomic E-state index is -0.471. The molecule has 0 heterocycles. The Morgan fingerprint density at radius 2 is 2.08 bits per heavy atom. The number of carbonyl (C=O) groups excluding carboxylic acids is 2. The van der Waals surface area contributed by atoms with Crippen LogP contribution >= 0.6 is 11.6 Å². The molecule has 0 saturated heterocycles. The van der Waals surface area contributed by atoms with Gasteiger partial charge in [-0.2, -0.15) is 0 Å². The van der Waals surface area contributed by atoms with Crippen LogP contribution in [0.3, 0.4) is 0 Å². The first-order valence-corrected chi connectivity index (χ1v) is 4.69. The van der Waals surface area contributed by atoms with Crippen molar-refractivity contribution in [3.63, 3.8) is 0 Å². The molecule has 0 aliphatic carbocycles. The number of halogens is 1. The number of rotatable bonds is 3. The molecule has 3 amide bonds. The van der Waals surface area contributed by atoms with Gasteiger partial charge in [-0.25, -0.2) is 4.79 Å². The van der Waals surface area contributed by atoms with Gasteiger partial charge in [-0.05, 0) is 13.3 Å². The zero-order valence-electron chi connectivity index (χ0n) is 8.13. The summed E-state index contributed by atoms with van der Waals surface area (Å²) in [5.41, 5.74) is 0. The number of nitrogens with one attached hydrogen (secondary N) is 1. The van der Waals surface area contributed by atoms with E-state index in [0.717, 1.165) is 6.42 Å². The summed E-state index contributed by atoms with van der Waals surface area (Å²) in [6.07, 6.45) is 0.846. The fourth-order valence-electron chi connectivity index (χ4n) is 0.715. The van der Waals surface area contributed by atoms with Crippen molar-refractivity contribution < 1.29 is 9.59 Å². The van der Waals surface area contributed by atoms with Gasteiger partial charge in [0.2, 0.25) is 5.91 Å². The van der Waals surface area contributed by atoms with Crippen LogP contribution in [0.4, 0.5) is 4.79 Å². The van der Waals surface area contributed by atoms with Gasteiger partial charge >= 0.3 is 6.03 Å². The highest BCUT2D eigenvalue weighted by Gasteiger charge is 2.15. The molecule has 0 aromatic rings. The fraction of sp³-hybridized carbons (Fsp3) is 0.750. The van der Waals surface area contributed by atoms with E-state index < -0.39 is 11.9 Å². The van der Waals surface area contributed by atoms with Crippen LogP contribution in [-0.2, 0) is 4.79 Å². The number of hydrogen-bond donors (Lipinski definition) is 1. The number of nitrogens with zero attached hydrogens (tertiary/aromatic N) is 1. The number of urea groups is 1. The Morgan fingerprint density at radius 3 is 2.46 bits per heavy atom. The summed E-state index contributed by atoms with van der Waals surface area (Å²) in [7, 11) is 1.64. The molecule has 0 rings (SSSR count). The molecule has 0 aromatic carbocycles. The van der Waals surface area contributed by atoms with Gasteiger partial charge in [0.25, 0.3) is 0 Å². The maximum Gasteiger partial charge on any atom is 0.324 e. The molecule has 5 heteroatoms. The maximum atomic E-state index is 11.2. The van der Waals surface area contributed by atoms with Crippen LogP contribution in [-0.4, -0.2) is 35.8 Å². The van der Waals surface area contributed by atoms with Crippen molar-refractivity contribution in [3.8, 4) is 0 Å². The Hall–Kier alpha value is -0.770. The largest absolute Gasteiger partial charge is 0.325 e. The molecule has 1 atom stereocenters. The number of hydrogen-bond acceptors (Lipinski definition) is 2. The fourth-order valence-corrected chi connectivity index (χ4v) is 0.782. The molecule has 0 spiro atoms. The first-order chi connectivity index (χ1) is 6.02. The summed E-state index contributed by atoms with van der Waals surface area (Å²) in [6.45, 7) is 3.88. The topological polar surface area (TPSA) is 49.4 Å². The van der Waals surface area contributed by atoms with Gasteiger partial charge in [-0.3, -0.25) is 10.1 Å². The summed E-state index contributed by atoms with van der Waals surface area (Å²) in [5.74, 6) is -0.665. The maximum absolute atomic E-state index is 11.2. The average molecular weight is 207 g/mol. The van der Waals surface area contributed by atoms with Crippen molar-refractivity contribution in [3.05, 3.63) is 0 Å². The lowest BCUT2D eigenvalue weighted by molar-refractivity contribution is -0.117. The molecule has 76 valence electrons. The van der Waals surface area contributed by atoms with Gasteiger partial charge in [-0.15, -0.1) is 11.6 Å². The molecule has 13 heavy (non-hydrogen) atoms. The van der Waals surface area contributed by atoms with Crippen LogP contribution in [0, 0.1) is 0 Å². The van der Waals surface area contributed by atoms with Gasteiger partial charge in [0, 0.05) is 13.1 Å². The monoisotopic (exact) mass is 206 g/mol. The van der Waals surface area contributed by atoms with Crippen LogP contribution in [0.2, 0.25) is 0 Å². The first kappa shape index (κ1) is 12.2. The molecule has 0 fully saturated rings. The van der Waals surface area contributed by atoms with Crippen LogP contribution in [0.5, 0.6) is 0 Å². The lowest BCUT2D eigenvalue weighted by atomic mass is 10.2. The minimum absolute atomic E-state index is 0.114. The van der Waals surface area contributed by atoms with Crippen LogP contribution < -0.4 is 5.32 Å². The third-order valence-corrected chi connectivity index (χ3v) is 2.18. The van der Waals surface area contributed by atoms with E-state index in [-0.39, 0.29) is 11.9 Å². The molecule has 1 N–H and O–H groups in total. The normalized spacial score (nSPS) is 12.0. The van der Waals surface area contributed by atoms with E-state index in [1.165, 1.54) is 4.90 Å². The average Bonchev–Trinajstić information content (AvgIpc) is 2.14. The highest BCUT2D eigenvalue weighted by Crippen LogP contribution is 1.99. The third kappa shape index (κ3) is 4.12. The predicted molar refractivity (Wildman–Crippen MR) is 51.8 cm³/mol. The SMILES string of the molecule is CCC(C)N(C)C(=O)NC(=O)CCl. The molecule has 0 saturated carbocycles. The van der Waals surface area contributed by atoms with Crippen molar-refractivity contribution in [2.45, 2.75) is 26.3 Å². The van der Waals surface area contributed by atoms with Crippen molar-refractivity contribution in [1.29, 1.82) is 0 Å². The molecule has 4 nitrogen and oxygen atoms in total. The smallest absolute Gasteiger partial charge is 0.324 e. The minimum Gasteiger partial charge on any atom is -0.325 e. The van der Waals surface area contributed by atoms with Gasteiger partial charge in [0.15, 0.2) is 0 Å². The zero-order valence-corrected chi connectivity index (χ0v) is 8.89. The molecule has 0 aromatic heterocycles. The Morgan fingerprint density at radius 1 is 1.54 bits per heavy atom. The van der Waals surface area contributed by atoms with Crippen LogP contribution in [0.25, 0.3) is 0 Å². The summed E-state index contributed by atoms with van der Waals surface area (Å²) >= 11 is 5.23. The highest BCUT2D eigenvalue weighted by atomic mass is 35.5. The van der Waals surface area contributed by atoms with E-state index in [1.807, 2.05) is 13.8 Å². The predicted octanol–water partition coefficient (Wildman–Crippen LogP) is 1.19. The Bertz CT molecular complexity index is 197. The van der Waals surface area contributed by atoms with E-state index in [9.17, 15) is 9.59 Å². The number of carbonyl (C=O) groups is 2. The Balaban J connectivity index is 4.03. The molecule has 0 bridgehead atoms. The van der Waals surface area contributed by atoms with Crippen molar-refractivity contribution in [2.75, 3.05) is 12.9 Å². The van der Waals surface area contributed by atoms with Gasteiger partial charge in [0.05, 0.1) is 0 Å². The summed E-state index contributed by atoms with van der Waals surface area (Å²) < 4.78 is 0. The molecule has 1 unspecified atom stereocenters. The second-order valence-corrected chi connectivity index (χ2v) is 3.12. The standard InChI is InChI=1S/C8H15ClN2O2/c1-4-6(2)11(3)8(13)10-7(12)5-9/h6H,4-5H2,1-3H3,(H,10,12,13). The van der Waals surface area contributed by atoms with E-state index in [4.69, 9.17) is 11.6 Å². The lowest BCUT2D eigenvalue weighted by Crippen LogP contribution is -2.44. The summed E-state index contributed by atoms with van der Waals surface area (Å²) in [4.78, 5) is 23.5. The van der Waals surface area contributed by atoms with E-state index >= 15 is 0 Å². The van der Waals surface area contributed by atoms with Gasteiger partial charge in [-0.1, -0.05) is 6.92 Å². The highest BCUT2D eigenvalue weighted by molar-refractivity contribution is 6.28. The lowest BCUT2D eigenvalue weighted by Gasteiger charge is -2.23. The van der Waals surface area contributed by atoms with Crippen molar-refractivity contribution >= 4 is 23.5 Å². The zero-order chi connectivity index (χ0) is 10.4. The summed E-state index contributed by atoms with van der Waals surface area (Å²) in [6, 6.07) is -0.289. The number of imide groups is 1. The first-order valence-electron chi connectivity index (χ1n) is 4.15. The van der Waals surface area contributed by atoms with Gasteiger partial charge < -0.3 is 4.90 Å². The van der Waals surface area contributed by atoms with Crippen molar-refractivity contribution in [2.24, 2.45) is 0 Å². The van der Waals surface area contributed by atoms with E-state index in [1.54, 1.807) is 7.05 Å². The Kier molecular flexibility index (Phi) is 5.46. The van der Waals surface area contributed by atoms with Gasteiger partial charge in [0.1, 0.15) is 5.88 Å². The van der Waals surface area contributed by atoms with Crippen LogP contribution in [0.1, 0.15) is 20.3 Å². The summed E-state index contributed by atoms with van der Waals surface area (Å²) in [5, 5.41) is 2.16. The van der Waals surface area contributed by atoms with Crippen molar-refractivity contribution in [1.82, 2.24) is 10.2 Å². The second-order valence-electron chi connectivity index (χ2n) is 2.86. The molecule has 0 radical (unpaired) electrons. The quantitative estimate of drug-likeness (QED) is 0.706. The number of amides is 3. The molecular formula is C8H15ClN2O2. The second kappa shape index (κ2) is 5.80. The molecular weight excluding hydrogens is 192 g/mol. The Labute approximate surface area is 83.2 Å².